The molecule has 3 rings (SSSR count). The van der Waals surface area contributed by atoms with E-state index in [9.17, 15) is 0 Å². The third-order valence-electron chi connectivity index (χ3n) is 4.97. The van der Waals surface area contributed by atoms with Crippen molar-refractivity contribution in [2.45, 2.75) is 47.0 Å². The number of hydrogen-bond donors (Lipinski definition) is 0. The summed E-state index contributed by atoms with van der Waals surface area (Å²) in [5.41, 5.74) is 8.77. The van der Waals surface area contributed by atoms with E-state index in [2.05, 4.69) is 91.7 Å². The average molecular weight is 381 g/mol. The van der Waals surface area contributed by atoms with Gasteiger partial charge in [0.15, 0.2) is 0 Å². The van der Waals surface area contributed by atoms with E-state index >= 15 is 0 Å². The van der Waals surface area contributed by atoms with Crippen molar-refractivity contribution in [3.8, 4) is 23.5 Å². The number of allylic oxidation sites excluding steroid dienone is 2. The molecule has 0 aliphatic carbocycles. The minimum atomic E-state index is 0.940. The summed E-state index contributed by atoms with van der Waals surface area (Å²) in [5.74, 6) is 2.81. The maximum Gasteiger partial charge on any atom is 0.00245 e. The first-order valence-electron chi connectivity index (χ1n) is 10.6. The first-order chi connectivity index (χ1) is 14.2. The molecule has 0 bridgehead atoms. The summed E-state index contributed by atoms with van der Waals surface area (Å²) < 4.78 is 0. The molecule has 0 fully saturated rings. The third-order valence-corrected chi connectivity index (χ3v) is 4.97. The maximum absolute atomic E-state index is 5.65. The van der Waals surface area contributed by atoms with Gasteiger partial charge in [-0.2, -0.15) is 0 Å². The van der Waals surface area contributed by atoms with Crippen LogP contribution in [-0.4, -0.2) is 0 Å². The smallest absolute Gasteiger partial charge is 0.00245 e. The summed E-state index contributed by atoms with van der Waals surface area (Å²) in [7, 11) is 0. The first-order valence-corrected chi connectivity index (χ1v) is 10.6. The molecule has 0 saturated heterocycles. The quantitative estimate of drug-likeness (QED) is 0.378. The minimum Gasteiger partial charge on any atom is -0.115 e. The largest absolute Gasteiger partial charge is 0.115 e. The van der Waals surface area contributed by atoms with Crippen LogP contribution in [0.1, 0.15) is 57.2 Å². The predicted molar refractivity (Wildman–Crippen MR) is 129 cm³/mol. The molecule has 3 aromatic rings. The Labute approximate surface area is 177 Å². The molecule has 0 nitrogen and oxygen atoms in total. The van der Waals surface area contributed by atoms with Gasteiger partial charge in [-0.25, -0.2) is 0 Å². The van der Waals surface area contributed by atoms with E-state index in [1.54, 1.807) is 0 Å². The topological polar surface area (TPSA) is 0 Å². The lowest BCUT2D eigenvalue weighted by Gasteiger charge is -2.13. The fourth-order valence-corrected chi connectivity index (χ4v) is 3.51. The third kappa shape index (κ3) is 5.97. The molecule has 0 saturated carbocycles. The zero-order valence-electron chi connectivity index (χ0n) is 18.2. The monoisotopic (exact) mass is 380 g/mol. The van der Waals surface area contributed by atoms with Crippen LogP contribution < -0.4 is 0 Å². The summed E-state index contributed by atoms with van der Waals surface area (Å²) in [6.07, 6.45) is 8.69. The normalized spacial score (nSPS) is 11.0. The van der Waals surface area contributed by atoms with Crippen LogP contribution in [0.2, 0.25) is 0 Å². The number of rotatable bonds is 6. The highest BCUT2D eigenvalue weighted by Gasteiger charge is 2.08. The molecule has 29 heavy (non-hydrogen) atoms. The number of hydrogen-bond acceptors (Lipinski definition) is 0. The predicted octanol–water partition coefficient (Wildman–Crippen LogP) is 8.18. The highest BCUT2D eigenvalue weighted by Crippen LogP contribution is 2.29. The van der Waals surface area contributed by atoms with E-state index in [-0.39, 0.29) is 0 Å². The highest BCUT2D eigenvalue weighted by molar-refractivity contribution is 5.75. The van der Waals surface area contributed by atoms with Gasteiger partial charge in [0.05, 0.1) is 0 Å². The molecule has 0 amide bonds. The fraction of sp³-hybridized carbons (Fsp3) is 0.241. The highest BCUT2D eigenvalue weighted by atomic mass is 14.1. The van der Waals surface area contributed by atoms with Gasteiger partial charge in [-0.1, -0.05) is 112 Å². The average Bonchev–Trinajstić information content (AvgIpc) is 2.79. The van der Waals surface area contributed by atoms with Gasteiger partial charge in [-0.05, 0) is 53.2 Å². The van der Waals surface area contributed by atoms with Gasteiger partial charge in [0.25, 0.3) is 0 Å². The molecule has 0 atom stereocenters. The minimum absolute atomic E-state index is 0.940. The Morgan fingerprint density at radius 1 is 0.828 bits per heavy atom. The summed E-state index contributed by atoms with van der Waals surface area (Å²) in [5, 5.41) is 0. The van der Waals surface area contributed by atoms with Crippen molar-refractivity contribution in [3.63, 3.8) is 0 Å². The fourth-order valence-electron chi connectivity index (χ4n) is 3.51. The lowest BCUT2D eigenvalue weighted by atomic mass is 9.92. The second kappa shape index (κ2) is 11.7. The molecule has 0 aliphatic heterocycles. The lowest BCUT2D eigenvalue weighted by Crippen LogP contribution is -1.93. The van der Waals surface area contributed by atoms with Gasteiger partial charge in [-0.3, -0.25) is 0 Å². The van der Waals surface area contributed by atoms with Crippen molar-refractivity contribution in [3.05, 3.63) is 101 Å². The Kier molecular flexibility index (Phi) is 9.00. The summed E-state index contributed by atoms with van der Waals surface area (Å²) in [6.45, 7) is 8.23. The summed E-state index contributed by atoms with van der Waals surface area (Å²) in [6, 6.07) is 28.2. The van der Waals surface area contributed by atoms with Crippen LogP contribution in [0.3, 0.4) is 0 Å². The van der Waals surface area contributed by atoms with Gasteiger partial charge in [0, 0.05) is 5.57 Å². The van der Waals surface area contributed by atoms with E-state index in [1.165, 1.54) is 33.4 Å². The van der Waals surface area contributed by atoms with Crippen LogP contribution in [0.5, 0.6) is 0 Å². The SMILES string of the molecule is C#C/C(C)=C(/CCC)c1ccc(-c2ccccc2Cc2ccccc2)cc1.CC. The summed E-state index contributed by atoms with van der Waals surface area (Å²) >= 11 is 0. The van der Waals surface area contributed by atoms with Crippen molar-refractivity contribution in [2.24, 2.45) is 0 Å². The van der Waals surface area contributed by atoms with Crippen LogP contribution in [-0.2, 0) is 6.42 Å². The van der Waals surface area contributed by atoms with Crippen molar-refractivity contribution in [2.75, 3.05) is 0 Å². The van der Waals surface area contributed by atoms with Crippen molar-refractivity contribution < 1.29 is 0 Å². The van der Waals surface area contributed by atoms with Gasteiger partial charge < -0.3 is 0 Å². The molecule has 0 N–H and O–H groups in total. The molecule has 0 radical (unpaired) electrons. The zero-order chi connectivity index (χ0) is 21.1. The van der Waals surface area contributed by atoms with Gasteiger partial charge in [0.1, 0.15) is 0 Å². The molecule has 0 aromatic heterocycles. The molecule has 3 aromatic carbocycles. The van der Waals surface area contributed by atoms with Crippen LogP contribution in [0.4, 0.5) is 0 Å². The summed E-state index contributed by atoms with van der Waals surface area (Å²) in [4.78, 5) is 0. The Balaban J connectivity index is 0.00000145. The second-order valence-electron chi connectivity index (χ2n) is 6.89. The Morgan fingerprint density at radius 2 is 1.45 bits per heavy atom. The molecule has 0 aliphatic rings. The Morgan fingerprint density at radius 3 is 2.07 bits per heavy atom. The molecule has 0 spiro atoms. The van der Waals surface area contributed by atoms with E-state index in [1.807, 2.05) is 20.8 Å². The van der Waals surface area contributed by atoms with E-state index < -0.39 is 0 Å². The molecule has 0 unspecified atom stereocenters. The Bertz CT molecular complexity index is 951. The standard InChI is InChI=1S/C27H26.C2H6/c1-4-11-26(21(3)5-2)23-16-18-24(19-17-23)27-15-10-9-14-25(27)20-22-12-7-6-8-13-22;1-2/h2,6-10,12-19H,4,11,20H2,1,3H3;1-2H3/b26-21-;. The lowest BCUT2D eigenvalue weighted by molar-refractivity contribution is 0.969. The van der Waals surface area contributed by atoms with Crippen LogP contribution >= 0.6 is 0 Å². The molecular formula is C29H32. The van der Waals surface area contributed by atoms with E-state index in [0.717, 1.165) is 24.8 Å². The van der Waals surface area contributed by atoms with Crippen molar-refractivity contribution >= 4 is 5.57 Å². The second-order valence-corrected chi connectivity index (χ2v) is 6.89. The van der Waals surface area contributed by atoms with Crippen LogP contribution in [0.25, 0.3) is 16.7 Å². The van der Waals surface area contributed by atoms with E-state index in [4.69, 9.17) is 6.42 Å². The van der Waals surface area contributed by atoms with E-state index in [0.29, 0.717) is 0 Å². The molecule has 0 heteroatoms. The zero-order valence-corrected chi connectivity index (χ0v) is 18.2. The maximum atomic E-state index is 5.65. The van der Waals surface area contributed by atoms with Gasteiger partial charge >= 0.3 is 0 Å². The first kappa shape index (κ1) is 22.3. The number of benzene rings is 3. The van der Waals surface area contributed by atoms with Gasteiger partial charge in [0.2, 0.25) is 0 Å². The number of terminal acetylenes is 1. The van der Waals surface area contributed by atoms with Crippen molar-refractivity contribution in [1.82, 2.24) is 0 Å². The molecule has 0 heterocycles. The molecular weight excluding hydrogens is 348 g/mol. The molecule has 148 valence electrons. The van der Waals surface area contributed by atoms with Crippen LogP contribution in [0.15, 0.2) is 84.4 Å². The van der Waals surface area contributed by atoms with Crippen LogP contribution in [0, 0.1) is 12.3 Å². The van der Waals surface area contributed by atoms with Crippen molar-refractivity contribution in [1.29, 1.82) is 0 Å². The Hall–Kier alpha value is -3.04. The van der Waals surface area contributed by atoms with Gasteiger partial charge in [-0.15, -0.1) is 6.42 Å².